The minimum atomic E-state index is -0.816. The van der Waals surface area contributed by atoms with E-state index in [1.807, 2.05) is 0 Å². The molecule has 108 valence electrons. The molecule has 1 saturated heterocycles. The molecule has 1 saturated carbocycles. The molecule has 6 heteroatoms. The van der Waals surface area contributed by atoms with Gasteiger partial charge in [0.1, 0.15) is 0 Å². The number of urea groups is 1. The van der Waals surface area contributed by atoms with E-state index in [1.54, 1.807) is 0 Å². The second kappa shape index (κ2) is 6.23. The van der Waals surface area contributed by atoms with Gasteiger partial charge in [0.05, 0.1) is 11.5 Å². The summed E-state index contributed by atoms with van der Waals surface area (Å²) in [5.74, 6) is -0.816. The minimum Gasteiger partial charge on any atom is -0.481 e. The normalized spacial score (nSPS) is 24.5. The number of carbonyl (C=O) groups is 2. The second-order valence-electron chi connectivity index (χ2n) is 5.47. The maximum atomic E-state index is 11.5. The Morgan fingerprint density at radius 3 is 2.63 bits per heavy atom. The van der Waals surface area contributed by atoms with Crippen molar-refractivity contribution in [1.82, 2.24) is 10.6 Å². The summed E-state index contributed by atoms with van der Waals surface area (Å²) in [6, 6.07) is -0.289. The van der Waals surface area contributed by atoms with E-state index in [0.29, 0.717) is 19.4 Å². The van der Waals surface area contributed by atoms with Crippen molar-refractivity contribution < 1.29 is 19.4 Å². The van der Waals surface area contributed by atoms with E-state index in [9.17, 15) is 9.59 Å². The van der Waals surface area contributed by atoms with Gasteiger partial charge in [-0.15, -0.1) is 0 Å². The Kier molecular flexibility index (Phi) is 4.63. The summed E-state index contributed by atoms with van der Waals surface area (Å²) in [7, 11) is 0. The van der Waals surface area contributed by atoms with Crippen LogP contribution in [0.3, 0.4) is 0 Å². The standard InChI is InChI=1S/C13H22N2O4/c16-11(17)13(5-6-13)9-15-12(18)14-7-4-10-3-1-2-8-19-10/h10H,1-9H2,(H,16,17)(H2,14,15,18). The monoisotopic (exact) mass is 270 g/mol. The van der Waals surface area contributed by atoms with E-state index in [4.69, 9.17) is 9.84 Å². The van der Waals surface area contributed by atoms with Crippen LogP contribution < -0.4 is 10.6 Å². The Morgan fingerprint density at radius 2 is 2.05 bits per heavy atom. The summed E-state index contributed by atoms with van der Waals surface area (Å²) < 4.78 is 5.57. The van der Waals surface area contributed by atoms with Crippen molar-refractivity contribution in [3.05, 3.63) is 0 Å². The van der Waals surface area contributed by atoms with E-state index in [-0.39, 0.29) is 18.7 Å². The Bertz CT molecular complexity index is 336. The first-order valence-corrected chi connectivity index (χ1v) is 6.99. The molecule has 1 aliphatic heterocycles. The first kappa shape index (κ1) is 14.1. The topological polar surface area (TPSA) is 87.7 Å². The maximum Gasteiger partial charge on any atom is 0.314 e. The molecule has 6 nitrogen and oxygen atoms in total. The van der Waals surface area contributed by atoms with Gasteiger partial charge in [-0.1, -0.05) is 0 Å². The zero-order valence-electron chi connectivity index (χ0n) is 11.1. The van der Waals surface area contributed by atoms with Gasteiger partial charge in [0, 0.05) is 19.7 Å². The molecule has 2 fully saturated rings. The summed E-state index contributed by atoms with van der Waals surface area (Å²) in [6.07, 6.45) is 5.75. The van der Waals surface area contributed by atoms with Crippen LogP contribution in [0.2, 0.25) is 0 Å². The van der Waals surface area contributed by atoms with Gasteiger partial charge in [0.2, 0.25) is 0 Å². The lowest BCUT2D eigenvalue weighted by Crippen LogP contribution is -2.41. The lowest BCUT2D eigenvalue weighted by molar-refractivity contribution is -0.143. The third-order valence-electron chi connectivity index (χ3n) is 3.92. The summed E-state index contributed by atoms with van der Waals surface area (Å²) in [5.41, 5.74) is -0.705. The van der Waals surface area contributed by atoms with Crippen LogP contribution in [0.1, 0.15) is 38.5 Å². The molecule has 1 heterocycles. The molecule has 0 aromatic rings. The van der Waals surface area contributed by atoms with Crippen molar-refractivity contribution in [3.8, 4) is 0 Å². The third kappa shape index (κ3) is 4.09. The Balaban J connectivity index is 1.56. The van der Waals surface area contributed by atoms with E-state index < -0.39 is 11.4 Å². The van der Waals surface area contributed by atoms with Gasteiger partial charge in [0.25, 0.3) is 0 Å². The molecule has 1 aliphatic carbocycles. The zero-order valence-corrected chi connectivity index (χ0v) is 11.1. The molecule has 0 spiro atoms. The van der Waals surface area contributed by atoms with E-state index in [0.717, 1.165) is 25.9 Å². The molecule has 2 aliphatic rings. The zero-order chi connectivity index (χ0) is 13.7. The molecule has 0 radical (unpaired) electrons. The van der Waals surface area contributed by atoms with Crippen LogP contribution in [0.5, 0.6) is 0 Å². The molecule has 0 bridgehead atoms. The number of hydrogen-bond acceptors (Lipinski definition) is 3. The fourth-order valence-electron chi connectivity index (χ4n) is 2.31. The van der Waals surface area contributed by atoms with Crippen LogP contribution in [-0.2, 0) is 9.53 Å². The molecular weight excluding hydrogens is 248 g/mol. The molecular formula is C13H22N2O4. The number of hydrogen-bond donors (Lipinski definition) is 3. The average molecular weight is 270 g/mol. The number of rotatable bonds is 6. The highest BCUT2D eigenvalue weighted by Gasteiger charge is 2.50. The predicted molar refractivity (Wildman–Crippen MR) is 68.9 cm³/mol. The van der Waals surface area contributed by atoms with Gasteiger partial charge in [-0.25, -0.2) is 4.79 Å². The summed E-state index contributed by atoms with van der Waals surface area (Å²) in [5, 5.41) is 14.4. The number of nitrogens with one attached hydrogen (secondary N) is 2. The number of amides is 2. The lowest BCUT2D eigenvalue weighted by atomic mass is 10.1. The molecule has 0 aromatic carbocycles. The largest absolute Gasteiger partial charge is 0.481 e. The van der Waals surface area contributed by atoms with Crippen molar-refractivity contribution in [2.75, 3.05) is 19.7 Å². The van der Waals surface area contributed by atoms with Gasteiger partial charge in [-0.3, -0.25) is 4.79 Å². The van der Waals surface area contributed by atoms with Crippen molar-refractivity contribution in [3.63, 3.8) is 0 Å². The highest BCUT2D eigenvalue weighted by molar-refractivity contribution is 5.80. The SMILES string of the molecule is O=C(NCCC1CCCCO1)NCC1(C(=O)O)CC1. The van der Waals surface area contributed by atoms with Gasteiger partial charge >= 0.3 is 12.0 Å². The molecule has 0 aromatic heterocycles. The van der Waals surface area contributed by atoms with Crippen molar-refractivity contribution in [2.45, 2.75) is 44.6 Å². The molecule has 1 atom stereocenters. The van der Waals surface area contributed by atoms with Crippen LogP contribution in [0, 0.1) is 5.41 Å². The number of aliphatic carboxylic acids is 1. The Morgan fingerprint density at radius 1 is 1.26 bits per heavy atom. The summed E-state index contributed by atoms with van der Waals surface area (Å²) in [6.45, 7) is 1.60. The molecule has 1 unspecified atom stereocenters. The number of carboxylic acids is 1. The van der Waals surface area contributed by atoms with E-state index in [1.165, 1.54) is 6.42 Å². The van der Waals surface area contributed by atoms with Gasteiger partial charge < -0.3 is 20.5 Å². The maximum absolute atomic E-state index is 11.5. The van der Waals surface area contributed by atoms with Crippen LogP contribution in [0.4, 0.5) is 4.79 Å². The summed E-state index contributed by atoms with van der Waals surface area (Å²) >= 11 is 0. The van der Waals surface area contributed by atoms with Crippen LogP contribution in [0.25, 0.3) is 0 Å². The first-order chi connectivity index (χ1) is 9.12. The smallest absolute Gasteiger partial charge is 0.314 e. The van der Waals surface area contributed by atoms with Crippen molar-refractivity contribution in [1.29, 1.82) is 0 Å². The quantitative estimate of drug-likeness (QED) is 0.674. The molecule has 3 N–H and O–H groups in total. The van der Waals surface area contributed by atoms with E-state index >= 15 is 0 Å². The highest BCUT2D eigenvalue weighted by atomic mass is 16.5. The predicted octanol–water partition coefficient (Wildman–Crippen LogP) is 1.11. The van der Waals surface area contributed by atoms with Gasteiger partial charge in [-0.05, 0) is 38.5 Å². The lowest BCUT2D eigenvalue weighted by Gasteiger charge is -2.22. The third-order valence-corrected chi connectivity index (χ3v) is 3.92. The molecule has 2 rings (SSSR count). The fourth-order valence-corrected chi connectivity index (χ4v) is 2.31. The van der Waals surface area contributed by atoms with Crippen LogP contribution in [0.15, 0.2) is 0 Å². The van der Waals surface area contributed by atoms with Gasteiger partial charge in [0.15, 0.2) is 0 Å². The first-order valence-electron chi connectivity index (χ1n) is 6.99. The highest BCUT2D eigenvalue weighted by Crippen LogP contribution is 2.45. The average Bonchev–Trinajstić information content (AvgIpc) is 3.19. The number of carbonyl (C=O) groups excluding carboxylic acids is 1. The van der Waals surface area contributed by atoms with Crippen molar-refractivity contribution in [2.24, 2.45) is 5.41 Å². The molecule has 2 amide bonds. The Hall–Kier alpha value is -1.30. The number of ether oxygens (including phenoxy) is 1. The summed E-state index contributed by atoms with van der Waals surface area (Å²) in [4.78, 5) is 22.5. The minimum absolute atomic E-state index is 0.216. The van der Waals surface area contributed by atoms with Crippen LogP contribution >= 0.6 is 0 Å². The fraction of sp³-hybridized carbons (Fsp3) is 0.846. The van der Waals surface area contributed by atoms with Crippen LogP contribution in [-0.4, -0.2) is 42.9 Å². The number of carboxylic acid groups (broad SMARTS) is 1. The van der Waals surface area contributed by atoms with Crippen molar-refractivity contribution >= 4 is 12.0 Å². The molecule has 19 heavy (non-hydrogen) atoms. The van der Waals surface area contributed by atoms with Gasteiger partial charge in [-0.2, -0.15) is 0 Å². The second-order valence-corrected chi connectivity index (χ2v) is 5.47. The Labute approximate surface area is 112 Å². The van der Waals surface area contributed by atoms with E-state index in [2.05, 4.69) is 10.6 Å².